The van der Waals surface area contributed by atoms with Gasteiger partial charge in [0.25, 0.3) is 0 Å². The van der Waals surface area contributed by atoms with Crippen molar-refractivity contribution in [2.45, 2.75) is 13.8 Å². The van der Waals surface area contributed by atoms with Gasteiger partial charge in [0.1, 0.15) is 23.0 Å². The van der Waals surface area contributed by atoms with Crippen LogP contribution < -0.4 is 9.47 Å². The highest BCUT2D eigenvalue weighted by atomic mass is 16.5. The minimum absolute atomic E-state index is 0.0540. The molecule has 0 fully saturated rings. The molecule has 168 valence electrons. The maximum absolute atomic E-state index is 13.0. The van der Waals surface area contributed by atoms with Gasteiger partial charge in [0.15, 0.2) is 5.78 Å². The first-order valence-corrected chi connectivity index (χ1v) is 11.2. The summed E-state index contributed by atoms with van der Waals surface area (Å²) in [6.07, 6.45) is 7.95. The molecule has 34 heavy (non-hydrogen) atoms. The molecule has 0 spiro atoms. The Morgan fingerprint density at radius 1 is 0.559 bits per heavy atom. The second kappa shape index (κ2) is 11.0. The van der Waals surface area contributed by atoms with Crippen LogP contribution in [-0.2, 0) is 0 Å². The van der Waals surface area contributed by atoms with Gasteiger partial charge in [-0.25, -0.2) is 0 Å². The second-order valence-corrected chi connectivity index (χ2v) is 7.66. The van der Waals surface area contributed by atoms with Crippen molar-refractivity contribution in [2.75, 3.05) is 0 Å². The fraction of sp³-hybridized carbons (Fsp3) is 0.0645. The molecule has 0 unspecified atom stereocenters. The normalized spacial score (nSPS) is 11.1. The Hall–Kier alpha value is -4.37. The lowest BCUT2D eigenvalue weighted by molar-refractivity contribution is 0.103. The number of rotatable bonds is 8. The largest absolute Gasteiger partial charge is 0.457 e. The number of allylic oxidation sites excluding steroid dienone is 2. The molecule has 0 amide bonds. The van der Waals surface area contributed by atoms with Gasteiger partial charge in [-0.05, 0) is 74.5 Å². The van der Waals surface area contributed by atoms with Crippen LogP contribution >= 0.6 is 0 Å². The van der Waals surface area contributed by atoms with E-state index < -0.39 is 0 Å². The molecule has 0 heterocycles. The molecule has 0 aromatic heterocycles. The minimum Gasteiger partial charge on any atom is -0.457 e. The van der Waals surface area contributed by atoms with E-state index in [2.05, 4.69) is 0 Å². The average Bonchev–Trinajstić information content (AvgIpc) is 2.87. The number of benzene rings is 4. The van der Waals surface area contributed by atoms with Crippen molar-refractivity contribution < 1.29 is 14.3 Å². The van der Waals surface area contributed by atoms with Gasteiger partial charge >= 0.3 is 0 Å². The molecule has 0 aliphatic heterocycles. The number of carbonyl (C=O) groups excluding carboxylic acids is 1. The molecule has 0 saturated carbocycles. The summed E-state index contributed by atoms with van der Waals surface area (Å²) in [5.41, 5.74) is 3.20. The fourth-order valence-electron chi connectivity index (χ4n) is 3.55. The number of ether oxygens (including phenoxy) is 2. The highest BCUT2D eigenvalue weighted by molar-refractivity contribution is 6.09. The maximum Gasteiger partial charge on any atom is 0.193 e. The Bertz CT molecular complexity index is 1210. The fourth-order valence-corrected chi connectivity index (χ4v) is 3.55. The summed E-state index contributed by atoms with van der Waals surface area (Å²) >= 11 is 0. The van der Waals surface area contributed by atoms with Gasteiger partial charge in [0.2, 0.25) is 0 Å². The van der Waals surface area contributed by atoms with E-state index in [1.807, 2.05) is 111 Å². The van der Waals surface area contributed by atoms with Gasteiger partial charge in [-0.1, -0.05) is 60.7 Å². The number of hydrogen-bond acceptors (Lipinski definition) is 3. The van der Waals surface area contributed by atoms with Gasteiger partial charge in [0.05, 0.1) is 0 Å². The number of carbonyl (C=O) groups is 1. The summed E-state index contributed by atoms with van der Waals surface area (Å²) in [5, 5.41) is 0. The van der Waals surface area contributed by atoms with Crippen LogP contribution in [-0.4, -0.2) is 5.78 Å². The van der Waals surface area contributed by atoms with Crippen LogP contribution in [0.4, 0.5) is 0 Å². The number of ketones is 1. The van der Waals surface area contributed by atoms with Gasteiger partial charge in [-0.3, -0.25) is 4.79 Å². The summed E-state index contributed by atoms with van der Waals surface area (Å²) in [7, 11) is 0. The predicted octanol–water partition coefficient (Wildman–Crippen LogP) is 8.57. The smallest absolute Gasteiger partial charge is 0.193 e. The summed E-state index contributed by atoms with van der Waals surface area (Å²) < 4.78 is 12.0. The minimum atomic E-state index is -0.0540. The van der Waals surface area contributed by atoms with Crippen molar-refractivity contribution in [3.8, 4) is 23.0 Å². The van der Waals surface area contributed by atoms with E-state index in [-0.39, 0.29) is 5.78 Å². The molecule has 0 N–H and O–H groups in total. The van der Waals surface area contributed by atoms with Crippen molar-refractivity contribution >= 4 is 17.9 Å². The topological polar surface area (TPSA) is 35.5 Å². The average molecular weight is 447 g/mol. The van der Waals surface area contributed by atoms with Crippen molar-refractivity contribution in [2.24, 2.45) is 0 Å². The Labute approximate surface area is 200 Å². The van der Waals surface area contributed by atoms with Crippen molar-refractivity contribution in [3.05, 3.63) is 131 Å². The van der Waals surface area contributed by atoms with Crippen LogP contribution in [0.1, 0.15) is 40.9 Å². The Morgan fingerprint density at radius 2 is 0.941 bits per heavy atom. The van der Waals surface area contributed by atoms with E-state index >= 15 is 0 Å². The molecule has 0 bridgehead atoms. The van der Waals surface area contributed by atoms with E-state index in [0.29, 0.717) is 22.6 Å². The molecule has 0 aliphatic rings. The van der Waals surface area contributed by atoms with Gasteiger partial charge in [-0.15, -0.1) is 0 Å². The van der Waals surface area contributed by atoms with Crippen LogP contribution in [0.3, 0.4) is 0 Å². The Kier molecular flexibility index (Phi) is 7.36. The van der Waals surface area contributed by atoms with Crippen LogP contribution in [0.25, 0.3) is 12.2 Å². The lowest BCUT2D eigenvalue weighted by Crippen LogP contribution is -2.01. The zero-order valence-corrected chi connectivity index (χ0v) is 19.3. The maximum atomic E-state index is 13.0. The molecule has 0 atom stereocenters. The summed E-state index contributed by atoms with van der Waals surface area (Å²) in [6, 6.07) is 30.1. The molecule has 0 radical (unpaired) electrons. The molecule has 3 nitrogen and oxygen atoms in total. The van der Waals surface area contributed by atoms with E-state index in [0.717, 1.165) is 22.6 Å². The number of hydrogen-bond donors (Lipinski definition) is 0. The third-order valence-corrected chi connectivity index (χ3v) is 5.22. The highest BCUT2D eigenvalue weighted by Gasteiger charge is 2.11. The van der Waals surface area contributed by atoms with E-state index in [1.165, 1.54) is 0 Å². The number of para-hydroxylation sites is 2. The van der Waals surface area contributed by atoms with Crippen LogP contribution in [0.2, 0.25) is 0 Å². The molecule has 4 aromatic carbocycles. The van der Waals surface area contributed by atoms with Gasteiger partial charge in [0, 0.05) is 22.3 Å². The molecule has 0 saturated heterocycles. The summed E-state index contributed by atoms with van der Waals surface area (Å²) in [6.45, 7) is 3.94. The van der Waals surface area contributed by atoms with Gasteiger partial charge < -0.3 is 9.47 Å². The van der Waals surface area contributed by atoms with E-state index in [1.54, 1.807) is 24.3 Å². The van der Waals surface area contributed by atoms with Crippen molar-refractivity contribution in [1.82, 2.24) is 0 Å². The third kappa shape index (κ3) is 5.51. The molecular weight excluding hydrogens is 420 g/mol. The first-order valence-electron chi connectivity index (χ1n) is 11.2. The first kappa shape index (κ1) is 22.8. The lowest BCUT2D eigenvalue weighted by atomic mass is 10.0. The molecule has 0 aliphatic carbocycles. The van der Waals surface area contributed by atoms with E-state index in [9.17, 15) is 4.79 Å². The van der Waals surface area contributed by atoms with Crippen molar-refractivity contribution in [3.63, 3.8) is 0 Å². The van der Waals surface area contributed by atoms with Gasteiger partial charge in [-0.2, -0.15) is 0 Å². The predicted molar refractivity (Wildman–Crippen MR) is 139 cm³/mol. The quantitative estimate of drug-likeness (QED) is 0.254. The zero-order chi connectivity index (χ0) is 23.8. The SMILES string of the molecule is C/C=C\c1ccccc1Oc1ccc(C(=O)c2ccc(Oc3ccccc3/C=C/C)cc2)cc1. The van der Waals surface area contributed by atoms with E-state index in [4.69, 9.17) is 9.47 Å². The van der Waals surface area contributed by atoms with Crippen molar-refractivity contribution in [1.29, 1.82) is 0 Å². The zero-order valence-electron chi connectivity index (χ0n) is 19.3. The molecule has 4 aromatic rings. The van der Waals surface area contributed by atoms with Crippen LogP contribution in [0, 0.1) is 0 Å². The highest BCUT2D eigenvalue weighted by Crippen LogP contribution is 2.28. The molecule has 3 heteroatoms. The van der Waals surface area contributed by atoms with Crippen LogP contribution in [0.15, 0.2) is 109 Å². The Balaban J connectivity index is 1.45. The summed E-state index contributed by atoms with van der Waals surface area (Å²) in [4.78, 5) is 13.0. The summed E-state index contributed by atoms with van der Waals surface area (Å²) in [5.74, 6) is 2.84. The monoisotopic (exact) mass is 446 g/mol. The molecule has 4 rings (SSSR count). The second-order valence-electron chi connectivity index (χ2n) is 7.66. The lowest BCUT2D eigenvalue weighted by Gasteiger charge is -2.10. The standard InChI is InChI=1S/C31H26O3/c1-3-9-23-11-5-7-13-29(23)33-27-19-15-25(16-20-27)31(32)26-17-21-28(22-18-26)34-30-14-8-6-12-24(30)10-4-2/h3-22H,1-2H3/b9-3-,10-4+. The Morgan fingerprint density at radius 3 is 1.32 bits per heavy atom. The first-order chi connectivity index (χ1) is 16.7. The molecular formula is C31H26O3. The van der Waals surface area contributed by atoms with Crippen LogP contribution in [0.5, 0.6) is 23.0 Å². The third-order valence-electron chi connectivity index (χ3n) is 5.22.